The first kappa shape index (κ1) is 18.4. The van der Waals surface area contributed by atoms with Gasteiger partial charge in [-0.15, -0.1) is 0 Å². The number of para-hydroxylation sites is 1. The van der Waals surface area contributed by atoms with Gasteiger partial charge in [-0.1, -0.05) is 42.5 Å². The summed E-state index contributed by atoms with van der Waals surface area (Å²) in [6.45, 7) is 1.14. The number of benzene rings is 2. The molecule has 7 heteroatoms. The summed E-state index contributed by atoms with van der Waals surface area (Å²) in [5.41, 5.74) is 1.25. The molecule has 0 radical (unpaired) electrons. The first-order valence-electron chi connectivity index (χ1n) is 8.57. The third-order valence-electron chi connectivity index (χ3n) is 4.15. The Hall–Kier alpha value is -2.38. The first-order valence-corrected chi connectivity index (χ1v) is 10.2. The Kier molecular flexibility index (Phi) is 5.90. The monoisotopic (exact) mass is 374 g/mol. The van der Waals surface area contributed by atoms with Crippen LogP contribution in [0, 0.1) is 0 Å². The lowest BCUT2D eigenvalue weighted by Gasteiger charge is -2.14. The van der Waals surface area contributed by atoms with Crippen molar-refractivity contribution >= 4 is 21.6 Å². The zero-order chi connectivity index (χ0) is 18.4. The molecule has 1 aliphatic heterocycles. The predicted molar refractivity (Wildman–Crippen MR) is 100 cm³/mol. The van der Waals surface area contributed by atoms with Gasteiger partial charge in [0.25, 0.3) is 5.91 Å². The van der Waals surface area contributed by atoms with Gasteiger partial charge in [0.05, 0.1) is 23.1 Å². The van der Waals surface area contributed by atoms with E-state index in [0.717, 1.165) is 19.4 Å². The lowest BCUT2D eigenvalue weighted by molar-refractivity contribution is 0.0858. The number of hydrogen-bond acceptors (Lipinski definition) is 4. The summed E-state index contributed by atoms with van der Waals surface area (Å²) < 4.78 is 32.9. The minimum Gasteiger partial charge on any atom is -0.376 e. The molecule has 26 heavy (non-hydrogen) atoms. The number of rotatable bonds is 7. The summed E-state index contributed by atoms with van der Waals surface area (Å²) in [4.78, 5) is 12.5. The molecule has 1 heterocycles. The fraction of sp³-hybridized carbons (Fsp3) is 0.316. The average molecular weight is 374 g/mol. The van der Waals surface area contributed by atoms with Crippen LogP contribution in [-0.4, -0.2) is 33.6 Å². The van der Waals surface area contributed by atoms with Crippen LogP contribution in [0.25, 0.3) is 0 Å². The fourth-order valence-electron chi connectivity index (χ4n) is 2.87. The molecule has 0 spiro atoms. The second-order valence-corrected chi connectivity index (χ2v) is 7.96. The highest BCUT2D eigenvalue weighted by molar-refractivity contribution is 7.91. The van der Waals surface area contributed by atoms with Crippen molar-refractivity contribution in [1.82, 2.24) is 5.32 Å². The van der Waals surface area contributed by atoms with E-state index in [-0.39, 0.29) is 23.5 Å². The van der Waals surface area contributed by atoms with Crippen LogP contribution in [0.3, 0.4) is 0 Å². The Bertz CT molecular complexity index is 847. The van der Waals surface area contributed by atoms with E-state index in [0.29, 0.717) is 17.7 Å². The van der Waals surface area contributed by atoms with Gasteiger partial charge in [-0.25, -0.2) is 8.42 Å². The highest BCUT2D eigenvalue weighted by atomic mass is 32.2. The summed E-state index contributed by atoms with van der Waals surface area (Å²) in [5.74, 6) is -0.474. The Morgan fingerprint density at radius 1 is 1.08 bits per heavy atom. The Labute approximate surface area is 153 Å². The quantitative estimate of drug-likeness (QED) is 0.780. The molecular weight excluding hydrogens is 352 g/mol. The van der Waals surface area contributed by atoms with Crippen LogP contribution in [0.1, 0.15) is 28.8 Å². The minimum absolute atomic E-state index is 0.0286. The van der Waals surface area contributed by atoms with E-state index >= 15 is 0 Å². The van der Waals surface area contributed by atoms with E-state index in [1.165, 1.54) is 0 Å². The van der Waals surface area contributed by atoms with Crippen molar-refractivity contribution in [3.05, 3.63) is 65.7 Å². The number of carbonyl (C=O) groups excluding carboxylic acids is 1. The van der Waals surface area contributed by atoms with Gasteiger partial charge in [-0.2, -0.15) is 0 Å². The second-order valence-electron chi connectivity index (χ2n) is 6.24. The van der Waals surface area contributed by atoms with E-state index < -0.39 is 10.0 Å². The van der Waals surface area contributed by atoms with Gasteiger partial charge in [0.15, 0.2) is 0 Å². The van der Waals surface area contributed by atoms with Gasteiger partial charge in [0.2, 0.25) is 10.0 Å². The van der Waals surface area contributed by atoms with E-state index in [2.05, 4.69) is 10.0 Å². The molecule has 2 N–H and O–H groups in total. The van der Waals surface area contributed by atoms with E-state index in [1.807, 2.05) is 6.07 Å². The van der Waals surface area contributed by atoms with Crippen molar-refractivity contribution in [2.45, 2.75) is 24.7 Å². The van der Waals surface area contributed by atoms with Gasteiger partial charge in [-0.05, 0) is 30.5 Å². The Morgan fingerprint density at radius 3 is 2.54 bits per heavy atom. The zero-order valence-corrected chi connectivity index (χ0v) is 15.2. The molecule has 1 aliphatic rings. The van der Waals surface area contributed by atoms with Crippen LogP contribution in [0.15, 0.2) is 54.6 Å². The maximum absolute atomic E-state index is 12.5. The van der Waals surface area contributed by atoms with Crippen molar-refractivity contribution in [3.8, 4) is 0 Å². The summed E-state index contributed by atoms with van der Waals surface area (Å²) in [5, 5.41) is 2.82. The fourth-order valence-corrected chi connectivity index (χ4v) is 4.09. The van der Waals surface area contributed by atoms with E-state index in [9.17, 15) is 13.2 Å². The molecule has 3 rings (SSSR count). The van der Waals surface area contributed by atoms with Gasteiger partial charge >= 0.3 is 0 Å². The second kappa shape index (κ2) is 8.33. The van der Waals surface area contributed by atoms with Crippen LogP contribution in [0.4, 0.5) is 5.69 Å². The number of carbonyl (C=O) groups is 1. The smallest absolute Gasteiger partial charge is 0.253 e. The van der Waals surface area contributed by atoms with Gasteiger partial charge in [0.1, 0.15) is 0 Å². The van der Waals surface area contributed by atoms with Crippen molar-refractivity contribution in [3.63, 3.8) is 0 Å². The molecule has 0 unspecified atom stereocenters. The summed E-state index contributed by atoms with van der Waals surface area (Å²) in [7, 11) is -3.63. The lowest BCUT2D eigenvalue weighted by atomic mass is 10.1. The molecule has 2 aromatic carbocycles. The highest BCUT2D eigenvalue weighted by Gasteiger charge is 2.20. The Morgan fingerprint density at radius 2 is 1.81 bits per heavy atom. The highest BCUT2D eigenvalue weighted by Crippen LogP contribution is 2.19. The number of sulfonamides is 1. The molecule has 0 aliphatic carbocycles. The molecule has 0 bridgehead atoms. The maximum Gasteiger partial charge on any atom is 0.253 e. The zero-order valence-electron chi connectivity index (χ0n) is 14.4. The third-order valence-corrected chi connectivity index (χ3v) is 5.40. The molecule has 1 fully saturated rings. The molecule has 6 nitrogen and oxygen atoms in total. The van der Waals surface area contributed by atoms with Crippen molar-refractivity contribution in [2.75, 3.05) is 17.9 Å². The molecule has 2 aromatic rings. The SMILES string of the molecule is O=C(NC[C@H]1CCCO1)c1ccccc1NS(=O)(=O)Cc1ccccc1. The molecule has 1 saturated heterocycles. The molecule has 138 valence electrons. The van der Waals surface area contributed by atoms with Gasteiger partial charge in [-0.3, -0.25) is 9.52 Å². The normalized spacial score (nSPS) is 17.0. The topological polar surface area (TPSA) is 84.5 Å². The average Bonchev–Trinajstić information content (AvgIpc) is 3.14. The van der Waals surface area contributed by atoms with E-state index in [1.54, 1.807) is 48.5 Å². The summed E-state index contributed by atoms with van der Waals surface area (Å²) in [6, 6.07) is 15.5. The molecule has 1 amide bonds. The minimum atomic E-state index is -3.63. The molecule has 0 saturated carbocycles. The predicted octanol–water partition coefficient (Wildman–Crippen LogP) is 2.54. The lowest BCUT2D eigenvalue weighted by Crippen LogP contribution is -2.32. The first-order chi connectivity index (χ1) is 12.5. The number of ether oxygens (including phenoxy) is 1. The standard InChI is InChI=1S/C19H22N2O4S/c22-19(20-13-16-9-6-12-25-16)17-10-4-5-11-18(17)21-26(23,24)14-15-7-2-1-3-8-15/h1-5,7-8,10-11,16,21H,6,9,12-14H2,(H,20,22)/t16-/m1/s1. The summed E-state index contributed by atoms with van der Waals surface area (Å²) >= 11 is 0. The molecular formula is C19H22N2O4S. The van der Waals surface area contributed by atoms with Crippen LogP contribution in [0.5, 0.6) is 0 Å². The van der Waals surface area contributed by atoms with Crippen LogP contribution in [0.2, 0.25) is 0 Å². The summed E-state index contributed by atoms with van der Waals surface area (Å²) in [6.07, 6.45) is 1.95. The molecule has 1 atom stereocenters. The van der Waals surface area contributed by atoms with Crippen LogP contribution in [-0.2, 0) is 20.5 Å². The maximum atomic E-state index is 12.5. The Balaban J connectivity index is 1.68. The van der Waals surface area contributed by atoms with Gasteiger partial charge < -0.3 is 10.1 Å². The van der Waals surface area contributed by atoms with Crippen molar-refractivity contribution < 1.29 is 17.9 Å². The number of hydrogen-bond donors (Lipinski definition) is 2. The van der Waals surface area contributed by atoms with Crippen molar-refractivity contribution in [2.24, 2.45) is 0 Å². The number of anilines is 1. The van der Waals surface area contributed by atoms with Gasteiger partial charge in [0, 0.05) is 13.2 Å². The van der Waals surface area contributed by atoms with Crippen LogP contribution < -0.4 is 10.0 Å². The largest absolute Gasteiger partial charge is 0.376 e. The van der Waals surface area contributed by atoms with Crippen molar-refractivity contribution in [1.29, 1.82) is 0 Å². The number of nitrogens with one attached hydrogen (secondary N) is 2. The number of amides is 1. The molecule has 0 aromatic heterocycles. The van der Waals surface area contributed by atoms with E-state index in [4.69, 9.17) is 4.74 Å². The third kappa shape index (κ3) is 5.06. The van der Waals surface area contributed by atoms with Crippen LogP contribution >= 0.6 is 0 Å².